The number of benzene rings is 1. The number of unbranched alkanes of at least 4 members (excludes halogenated alkanes) is 1. The second kappa shape index (κ2) is 13.0. The fraction of sp³-hybridized carbons (Fsp3) is 0.500. The van der Waals surface area contributed by atoms with Crippen LogP contribution in [0.25, 0.3) is 0 Å². The lowest BCUT2D eigenvalue weighted by atomic mass is 10.2. The molecule has 1 rings (SSSR count). The van der Waals surface area contributed by atoms with Gasteiger partial charge in [-0.25, -0.2) is 9.79 Å². The lowest BCUT2D eigenvalue weighted by molar-refractivity contribution is 0.187. The molecule has 0 aromatic heterocycles. The van der Waals surface area contributed by atoms with Gasteiger partial charge in [0, 0.05) is 18.8 Å². The van der Waals surface area contributed by atoms with E-state index in [1.165, 1.54) is 7.11 Å². The Kier molecular flexibility index (Phi) is 12.1. The van der Waals surface area contributed by atoms with E-state index in [-0.39, 0.29) is 24.0 Å². The van der Waals surface area contributed by atoms with Crippen LogP contribution in [0.5, 0.6) is 0 Å². The first-order valence-electron chi connectivity index (χ1n) is 7.65. The third kappa shape index (κ3) is 9.27. The van der Waals surface area contributed by atoms with Gasteiger partial charge in [-0.2, -0.15) is 0 Å². The molecule has 0 aliphatic rings. The van der Waals surface area contributed by atoms with Crippen molar-refractivity contribution >= 4 is 41.7 Å². The number of nitrogens with zero attached hydrogens (tertiary/aromatic N) is 1. The Morgan fingerprint density at radius 3 is 2.43 bits per heavy atom. The van der Waals surface area contributed by atoms with E-state index in [0.717, 1.165) is 37.5 Å². The summed E-state index contributed by atoms with van der Waals surface area (Å²) < 4.78 is 4.55. The van der Waals surface area contributed by atoms with Crippen molar-refractivity contribution in [2.45, 2.75) is 33.2 Å². The number of guanidine groups is 1. The highest BCUT2D eigenvalue weighted by molar-refractivity contribution is 14.0. The highest BCUT2D eigenvalue weighted by Gasteiger charge is 2.01. The molecule has 0 heterocycles. The van der Waals surface area contributed by atoms with Crippen molar-refractivity contribution in [2.75, 3.05) is 25.5 Å². The second-order valence-corrected chi connectivity index (χ2v) is 4.79. The summed E-state index contributed by atoms with van der Waals surface area (Å²) >= 11 is 0. The number of nitrogens with one attached hydrogen (secondary N) is 3. The van der Waals surface area contributed by atoms with E-state index < -0.39 is 6.09 Å². The molecule has 23 heavy (non-hydrogen) atoms. The predicted molar refractivity (Wildman–Crippen MR) is 106 cm³/mol. The molecule has 0 saturated heterocycles. The minimum Gasteiger partial charge on any atom is -0.453 e. The number of methoxy groups -OCH3 is 1. The monoisotopic (exact) mass is 434 g/mol. The molecular formula is C16H27IN4O2. The van der Waals surface area contributed by atoms with Crippen molar-refractivity contribution in [2.24, 2.45) is 4.99 Å². The van der Waals surface area contributed by atoms with Gasteiger partial charge in [0.15, 0.2) is 5.96 Å². The summed E-state index contributed by atoms with van der Waals surface area (Å²) in [6.45, 7) is 6.55. The molecule has 0 saturated carbocycles. The van der Waals surface area contributed by atoms with E-state index in [0.29, 0.717) is 12.2 Å². The standard InChI is InChI=1S/C16H26N4O2.HI/c1-4-6-11-18-15(17-5-2)19-12-13-7-9-14(10-8-13)20-16(21)22-3;/h7-10H,4-6,11-12H2,1-3H3,(H,20,21)(H2,17,18,19);1H. The van der Waals surface area contributed by atoms with Crippen LogP contribution in [0.3, 0.4) is 0 Å². The smallest absolute Gasteiger partial charge is 0.411 e. The molecule has 3 N–H and O–H groups in total. The topological polar surface area (TPSA) is 74.8 Å². The van der Waals surface area contributed by atoms with E-state index in [1.54, 1.807) is 0 Å². The molecule has 1 aromatic carbocycles. The lowest BCUT2D eigenvalue weighted by Crippen LogP contribution is -2.37. The van der Waals surface area contributed by atoms with Crippen molar-refractivity contribution < 1.29 is 9.53 Å². The molecule has 0 aliphatic heterocycles. The third-order valence-electron chi connectivity index (χ3n) is 2.97. The van der Waals surface area contributed by atoms with E-state index in [4.69, 9.17) is 0 Å². The van der Waals surface area contributed by atoms with Gasteiger partial charge in [-0.05, 0) is 31.0 Å². The quantitative estimate of drug-likeness (QED) is 0.266. The SMILES string of the molecule is CCCCNC(=NCc1ccc(NC(=O)OC)cc1)NCC.I. The van der Waals surface area contributed by atoms with Crippen LogP contribution >= 0.6 is 24.0 Å². The first-order chi connectivity index (χ1) is 10.7. The van der Waals surface area contributed by atoms with Crippen LogP contribution in [0, 0.1) is 0 Å². The summed E-state index contributed by atoms with van der Waals surface area (Å²) in [6, 6.07) is 7.53. The highest BCUT2D eigenvalue weighted by atomic mass is 127. The number of halogens is 1. The van der Waals surface area contributed by atoms with Gasteiger partial charge in [-0.3, -0.25) is 5.32 Å². The van der Waals surface area contributed by atoms with E-state index in [1.807, 2.05) is 31.2 Å². The average Bonchev–Trinajstić information content (AvgIpc) is 2.54. The molecule has 1 amide bonds. The van der Waals surface area contributed by atoms with Crippen LogP contribution in [-0.2, 0) is 11.3 Å². The summed E-state index contributed by atoms with van der Waals surface area (Å²) in [4.78, 5) is 15.7. The molecule has 0 atom stereocenters. The van der Waals surface area contributed by atoms with Gasteiger partial charge in [0.2, 0.25) is 0 Å². The van der Waals surface area contributed by atoms with E-state index in [9.17, 15) is 4.79 Å². The first-order valence-corrected chi connectivity index (χ1v) is 7.65. The number of carbonyl (C=O) groups is 1. The minimum absolute atomic E-state index is 0. The Morgan fingerprint density at radius 2 is 1.87 bits per heavy atom. The Morgan fingerprint density at radius 1 is 1.17 bits per heavy atom. The fourth-order valence-corrected chi connectivity index (χ4v) is 1.76. The number of anilines is 1. The van der Waals surface area contributed by atoms with E-state index in [2.05, 4.69) is 32.6 Å². The molecule has 130 valence electrons. The fourth-order valence-electron chi connectivity index (χ4n) is 1.76. The molecule has 0 radical (unpaired) electrons. The van der Waals surface area contributed by atoms with Crippen LogP contribution < -0.4 is 16.0 Å². The van der Waals surface area contributed by atoms with Crippen LogP contribution in [0.15, 0.2) is 29.3 Å². The number of amides is 1. The van der Waals surface area contributed by atoms with Crippen LogP contribution in [-0.4, -0.2) is 32.3 Å². The van der Waals surface area contributed by atoms with Crippen molar-refractivity contribution in [1.29, 1.82) is 0 Å². The van der Waals surface area contributed by atoms with Crippen molar-refractivity contribution in [3.05, 3.63) is 29.8 Å². The minimum atomic E-state index is -0.472. The van der Waals surface area contributed by atoms with E-state index >= 15 is 0 Å². The molecule has 0 unspecified atom stereocenters. The van der Waals surface area contributed by atoms with Gasteiger partial charge in [0.05, 0.1) is 13.7 Å². The molecule has 0 bridgehead atoms. The Balaban J connectivity index is 0.00000484. The molecule has 0 fully saturated rings. The summed E-state index contributed by atoms with van der Waals surface area (Å²) in [7, 11) is 1.34. The van der Waals surface area contributed by atoms with Crippen LogP contribution in [0.4, 0.5) is 10.5 Å². The van der Waals surface area contributed by atoms with Gasteiger partial charge in [-0.15, -0.1) is 24.0 Å². The van der Waals surface area contributed by atoms with Crippen molar-refractivity contribution in [3.8, 4) is 0 Å². The zero-order valence-corrected chi connectivity index (χ0v) is 16.3. The number of aliphatic imine (C=N–C) groups is 1. The normalized spacial score (nSPS) is 10.5. The zero-order valence-electron chi connectivity index (χ0n) is 14.0. The number of hydrogen-bond donors (Lipinski definition) is 3. The Labute approximate surface area is 155 Å². The molecule has 0 aliphatic carbocycles. The predicted octanol–water partition coefficient (Wildman–Crippen LogP) is 3.34. The maximum absolute atomic E-state index is 11.1. The molecule has 7 heteroatoms. The largest absolute Gasteiger partial charge is 0.453 e. The maximum Gasteiger partial charge on any atom is 0.411 e. The molecule has 1 aromatic rings. The summed E-state index contributed by atoms with van der Waals surface area (Å²) in [6.07, 6.45) is 1.81. The van der Waals surface area contributed by atoms with Gasteiger partial charge < -0.3 is 15.4 Å². The number of hydrogen-bond acceptors (Lipinski definition) is 3. The van der Waals surface area contributed by atoms with Crippen LogP contribution in [0.1, 0.15) is 32.3 Å². The lowest BCUT2D eigenvalue weighted by Gasteiger charge is -2.11. The number of ether oxygens (including phenoxy) is 1. The Bertz CT molecular complexity index is 477. The zero-order chi connectivity index (χ0) is 16.2. The van der Waals surface area contributed by atoms with Gasteiger partial charge in [0.1, 0.15) is 0 Å². The summed E-state index contributed by atoms with van der Waals surface area (Å²) in [5, 5.41) is 9.14. The van der Waals surface area contributed by atoms with Gasteiger partial charge in [0.25, 0.3) is 0 Å². The van der Waals surface area contributed by atoms with Crippen molar-refractivity contribution in [1.82, 2.24) is 10.6 Å². The third-order valence-corrected chi connectivity index (χ3v) is 2.97. The maximum atomic E-state index is 11.1. The van der Waals surface area contributed by atoms with Gasteiger partial charge in [-0.1, -0.05) is 25.5 Å². The molecule has 6 nitrogen and oxygen atoms in total. The number of rotatable bonds is 7. The highest BCUT2D eigenvalue weighted by Crippen LogP contribution is 2.10. The van der Waals surface area contributed by atoms with Crippen LogP contribution in [0.2, 0.25) is 0 Å². The first kappa shape index (κ1) is 21.5. The second-order valence-electron chi connectivity index (χ2n) is 4.79. The average molecular weight is 434 g/mol. The molecular weight excluding hydrogens is 407 g/mol. The number of carbonyl (C=O) groups excluding carboxylic acids is 1. The Hall–Kier alpha value is -1.51. The summed E-state index contributed by atoms with van der Waals surface area (Å²) in [5.74, 6) is 0.827. The summed E-state index contributed by atoms with van der Waals surface area (Å²) in [5.41, 5.74) is 1.77. The van der Waals surface area contributed by atoms with Crippen molar-refractivity contribution in [3.63, 3.8) is 0 Å². The van der Waals surface area contributed by atoms with Gasteiger partial charge >= 0.3 is 6.09 Å². The molecule has 0 spiro atoms.